The van der Waals surface area contributed by atoms with Crippen LogP contribution in [-0.4, -0.2) is 54.6 Å². The summed E-state index contributed by atoms with van der Waals surface area (Å²) in [6.45, 7) is 8.96. The van der Waals surface area contributed by atoms with Crippen LogP contribution in [0.15, 0.2) is 47.4 Å². The summed E-state index contributed by atoms with van der Waals surface area (Å²) in [5.41, 5.74) is 2.68. The molecule has 0 atom stereocenters. The van der Waals surface area contributed by atoms with E-state index in [1.165, 1.54) is 11.8 Å². The molecule has 4 heterocycles. The number of aromatic nitrogens is 5. The quantitative estimate of drug-likeness (QED) is 0.422. The van der Waals surface area contributed by atoms with Crippen LogP contribution in [0.1, 0.15) is 38.8 Å². The smallest absolute Gasteiger partial charge is 0.410 e. The van der Waals surface area contributed by atoms with Gasteiger partial charge in [0.1, 0.15) is 11.0 Å². The average Bonchev–Trinajstić information content (AvgIpc) is 3.18. The van der Waals surface area contributed by atoms with Crippen molar-refractivity contribution in [2.45, 2.75) is 52.8 Å². The summed E-state index contributed by atoms with van der Waals surface area (Å²) in [4.78, 5) is 40.9. The fourth-order valence-electron chi connectivity index (χ4n) is 4.49. The van der Waals surface area contributed by atoms with Crippen LogP contribution >= 0.6 is 0 Å². The summed E-state index contributed by atoms with van der Waals surface area (Å²) < 4.78 is 14.1. The number of rotatable bonds is 5. The number of carbonyl (C=O) groups excluding carboxylic acids is 1. The van der Waals surface area contributed by atoms with Crippen LogP contribution in [0.3, 0.4) is 0 Å². The molecule has 4 aromatic rings. The minimum atomic E-state index is -0.547. The van der Waals surface area contributed by atoms with Crippen molar-refractivity contribution in [3.63, 3.8) is 0 Å². The minimum absolute atomic E-state index is 0.199. The van der Waals surface area contributed by atoms with Gasteiger partial charge in [0, 0.05) is 37.6 Å². The molecule has 198 valence electrons. The molecular formula is C27H31N7O4. The Morgan fingerprint density at radius 3 is 2.68 bits per heavy atom. The van der Waals surface area contributed by atoms with Crippen molar-refractivity contribution in [3.8, 4) is 11.7 Å². The van der Waals surface area contributed by atoms with E-state index in [0.717, 1.165) is 17.7 Å². The molecule has 11 heteroatoms. The van der Waals surface area contributed by atoms with Crippen LogP contribution in [0.5, 0.6) is 5.88 Å². The first-order valence-corrected chi connectivity index (χ1v) is 12.5. The molecular weight excluding hydrogens is 486 g/mol. The molecule has 0 bridgehead atoms. The fraction of sp³-hybridized carbons (Fsp3) is 0.370. The van der Waals surface area contributed by atoms with E-state index in [1.54, 1.807) is 33.5 Å². The molecule has 1 amide bonds. The lowest BCUT2D eigenvalue weighted by atomic mass is 9.99. The van der Waals surface area contributed by atoms with Gasteiger partial charge in [-0.1, -0.05) is 12.1 Å². The van der Waals surface area contributed by atoms with E-state index in [-0.39, 0.29) is 11.7 Å². The maximum absolute atomic E-state index is 13.1. The maximum Gasteiger partial charge on any atom is 0.410 e. The predicted octanol–water partition coefficient (Wildman–Crippen LogP) is 4.04. The van der Waals surface area contributed by atoms with Crippen molar-refractivity contribution in [1.29, 1.82) is 0 Å². The summed E-state index contributed by atoms with van der Waals surface area (Å²) in [5.74, 6) is 1.28. The summed E-state index contributed by atoms with van der Waals surface area (Å²) in [6, 6.07) is 11.4. The lowest BCUT2D eigenvalue weighted by molar-refractivity contribution is 0.0224. The van der Waals surface area contributed by atoms with Gasteiger partial charge in [0.15, 0.2) is 11.5 Å². The molecule has 0 spiro atoms. The number of benzene rings is 1. The van der Waals surface area contributed by atoms with Crippen LogP contribution in [0.25, 0.3) is 16.9 Å². The highest BCUT2D eigenvalue weighted by Gasteiger charge is 2.26. The number of carbonyl (C=O) groups is 1. The Morgan fingerprint density at radius 1 is 1.13 bits per heavy atom. The number of hydrogen-bond acceptors (Lipinski definition) is 8. The molecule has 0 saturated carbocycles. The van der Waals surface area contributed by atoms with Crippen molar-refractivity contribution < 1.29 is 14.3 Å². The number of methoxy groups -OCH3 is 1. The molecule has 3 aromatic heterocycles. The van der Waals surface area contributed by atoms with E-state index in [1.807, 2.05) is 52.0 Å². The van der Waals surface area contributed by atoms with E-state index in [0.29, 0.717) is 48.3 Å². The summed E-state index contributed by atoms with van der Waals surface area (Å²) in [7, 11) is 1.54. The first kappa shape index (κ1) is 25.2. The Hall–Kier alpha value is -4.41. The Bertz CT molecular complexity index is 1570. The molecule has 0 fully saturated rings. The molecule has 1 N–H and O–H groups in total. The molecule has 1 aliphatic rings. The van der Waals surface area contributed by atoms with Gasteiger partial charge in [-0.15, -0.1) is 0 Å². The van der Waals surface area contributed by atoms with E-state index >= 15 is 0 Å². The van der Waals surface area contributed by atoms with Gasteiger partial charge in [-0.25, -0.2) is 19.1 Å². The highest BCUT2D eigenvalue weighted by atomic mass is 16.6. The molecule has 38 heavy (non-hydrogen) atoms. The van der Waals surface area contributed by atoms with Crippen molar-refractivity contribution >= 4 is 28.8 Å². The van der Waals surface area contributed by atoms with E-state index in [9.17, 15) is 9.59 Å². The number of fused-ring (bicyclic) bond motifs is 2. The number of nitrogens with zero attached hydrogens (tertiary/aromatic N) is 6. The third-order valence-corrected chi connectivity index (χ3v) is 6.24. The molecule has 0 radical (unpaired) electrons. The van der Waals surface area contributed by atoms with Gasteiger partial charge >= 0.3 is 6.09 Å². The molecule has 1 aliphatic heterocycles. The van der Waals surface area contributed by atoms with Gasteiger partial charge in [-0.2, -0.15) is 9.97 Å². The highest BCUT2D eigenvalue weighted by Crippen LogP contribution is 2.26. The SMILES string of the molecule is CCn1c(=O)c2cnc(Nc3ccc4c(c3)CN(C(=O)OC(C)(C)C)CC4)nc2n1-c1cccc(OC)n1. The summed E-state index contributed by atoms with van der Waals surface area (Å²) in [5, 5.41) is 3.64. The van der Waals surface area contributed by atoms with Gasteiger partial charge in [0.05, 0.1) is 7.11 Å². The van der Waals surface area contributed by atoms with Crippen LogP contribution in [0.2, 0.25) is 0 Å². The van der Waals surface area contributed by atoms with Crippen molar-refractivity contribution in [2.75, 3.05) is 19.0 Å². The van der Waals surface area contributed by atoms with Gasteiger partial charge in [0.2, 0.25) is 11.8 Å². The summed E-state index contributed by atoms with van der Waals surface area (Å²) in [6.07, 6.45) is 1.96. The molecule has 0 saturated heterocycles. The number of pyridine rings is 1. The van der Waals surface area contributed by atoms with E-state index in [2.05, 4.69) is 20.3 Å². The number of nitrogens with one attached hydrogen (secondary N) is 1. The first-order chi connectivity index (χ1) is 18.2. The number of amides is 1. The Kier molecular flexibility index (Phi) is 6.52. The molecule has 0 aliphatic carbocycles. The second-order valence-electron chi connectivity index (χ2n) is 10.1. The number of ether oxygens (including phenoxy) is 2. The molecule has 0 unspecified atom stereocenters. The second kappa shape index (κ2) is 9.81. The summed E-state index contributed by atoms with van der Waals surface area (Å²) >= 11 is 0. The zero-order valence-corrected chi connectivity index (χ0v) is 22.2. The van der Waals surface area contributed by atoms with Crippen molar-refractivity contribution in [2.24, 2.45) is 0 Å². The van der Waals surface area contributed by atoms with Gasteiger partial charge in [-0.3, -0.25) is 4.79 Å². The van der Waals surface area contributed by atoms with Gasteiger partial charge < -0.3 is 19.7 Å². The normalized spacial score (nSPS) is 13.3. The largest absolute Gasteiger partial charge is 0.481 e. The first-order valence-electron chi connectivity index (χ1n) is 12.5. The van der Waals surface area contributed by atoms with Gasteiger partial charge in [-0.05, 0) is 63.4 Å². The topological polar surface area (TPSA) is 116 Å². The van der Waals surface area contributed by atoms with Crippen molar-refractivity contribution in [3.05, 3.63) is 64.1 Å². The van der Waals surface area contributed by atoms with Crippen LogP contribution in [-0.2, 0) is 24.2 Å². The maximum atomic E-state index is 13.1. The van der Waals surface area contributed by atoms with Crippen LogP contribution in [0.4, 0.5) is 16.4 Å². The molecule has 11 nitrogen and oxygen atoms in total. The fourth-order valence-corrected chi connectivity index (χ4v) is 4.49. The van der Waals surface area contributed by atoms with Crippen molar-refractivity contribution in [1.82, 2.24) is 29.2 Å². The molecule has 5 rings (SSSR count). The van der Waals surface area contributed by atoms with Crippen LogP contribution < -0.4 is 15.6 Å². The third kappa shape index (κ3) is 4.91. The average molecular weight is 518 g/mol. The highest BCUT2D eigenvalue weighted by molar-refractivity contribution is 5.77. The Balaban J connectivity index is 1.46. The van der Waals surface area contributed by atoms with Gasteiger partial charge in [0.25, 0.3) is 5.56 Å². The molecule has 1 aromatic carbocycles. The monoisotopic (exact) mass is 517 g/mol. The lowest BCUT2D eigenvalue weighted by Crippen LogP contribution is -2.39. The standard InChI is InChI=1S/C27H31N7O4/c1-6-33-24(35)20-15-28-25(31-23(20)34(33)21-8-7-9-22(30-21)37-5)29-19-11-10-17-12-13-32(16-18(17)14-19)26(36)38-27(2,3)4/h7-11,14-15H,6,12-13,16H2,1-5H3,(H,28,29,31). The third-order valence-electron chi connectivity index (χ3n) is 6.24. The van der Waals surface area contributed by atoms with Crippen LogP contribution in [0, 0.1) is 0 Å². The lowest BCUT2D eigenvalue weighted by Gasteiger charge is -2.31. The number of hydrogen-bond donors (Lipinski definition) is 1. The zero-order valence-electron chi connectivity index (χ0n) is 22.2. The Morgan fingerprint density at radius 2 is 1.95 bits per heavy atom. The zero-order chi connectivity index (χ0) is 27.0. The second-order valence-corrected chi connectivity index (χ2v) is 10.1. The minimum Gasteiger partial charge on any atom is -0.481 e. The Labute approximate surface area is 220 Å². The van der Waals surface area contributed by atoms with E-state index in [4.69, 9.17) is 9.47 Å². The predicted molar refractivity (Wildman–Crippen MR) is 143 cm³/mol. The van der Waals surface area contributed by atoms with E-state index < -0.39 is 5.60 Å². The number of anilines is 2.